The summed E-state index contributed by atoms with van der Waals surface area (Å²) in [5, 5.41) is 11.2. The van der Waals surface area contributed by atoms with E-state index in [1.54, 1.807) is 31.2 Å². The lowest BCUT2D eigenvalue weighted by Gasteiger charge is -2.10. The Balaban J connectivity index is 1.97. The molecule has 0 bridgehead atoms. The summed E-state index contributed by atoms with van der Waals surface area (Å²) in [5.74, 6) is 0. The number of aromatic amines is 1. The van der Waals surface area contributed by atoms with Crippen LogP contribution in [0.3, 0.4) is 0 Å². The highest BCUT2D eigenvalue weighted by molar-refractivity contribution is 7.99. The van der Waals surface area contributed by atoms with Crippen molar-refractivity contribution < 1.29 is 4.92 Å². The Morgan fingerprint density at radius 3 is 2.37 bits per heavy atom. The van der Waals surface area contributed by atoms with Gasteiger partial charge in [0.1, 0.15) is 0 Å². The standard InChI is InChI=1S/C19H17ClN4O5S/c1-3-8-22-17(25)21-18(26)23(19(22)27)12-4-6-14(7-5-12)30-16-11(2)9-13(24(28)29)10-15(16)20/h4-7,9-10H,3,8H2,1-2H3,(H,21,25,26). The summed E-state index contributed by atoms with van der Waals surface area (Å²) in [7, 11) is 0. The molecule has 0 aliphatic rings. The monoisotopic (exact) mass is 448 g/mol. The van der Waals surface area contributed by atoms with Crippen LogP contribution in [0.5, 0.6) is 0 Å². The molecule has 1 heterocycles. The Labute approximate surface area is 179 Å². The number of nitrogens with zero attached hydrogens (tertiary/aromatic N) is 3. The van der Waals surface area contributed by atoms with E-state index in [4.69, 9.17) is 11.6 Å². The van der Waals surface area contributed by atoms with Crippen LogP contribution in [0.1, 0.15) is 18.9 Å². The summed E-state index contributed by atoms with van der Waals surface area (Å²) in [6, 6.07) is 9.28. The summed E-state index contributed by atoms with van der Waals surface area (Å²) in [6.45, 7) is 3.74. The Kier molecular flexibility index (Phi) is 6.28. The molecule has 1 N–H and O–H groups in total. The predicted octanol–water partition coefficient (Wildman–Crippen LogP) is 3.12. The van der Waals surface area contributed by atoms with E-state index in [1.165, 1.54) is 23.9 Å². The van der Waals surface area contributed by atoms with Gasteiger partial charge < -0.3 is 0 Å². The SMILES string of the molecule is CCCn1c(=O)[nH]c(=O)n(-c2ccc(Sc3c(C)cc([N+](=O)[O-])cc3Cl)cc2)c1=O. The van der Waals surface area contributed by atoms with E-state index in [2.05, 4.69) is 4.98 Å². The van der Waals surface area contributed by atoms with Gasteiger partial charge in [-0.25, -0.2) is 23.5 Å². The number of benzene rings is 2. The number of H-pyrrole nitrogens is 1. The van der Waals surface area contributed by atoms with Crippen molar-refractivity contribution in [2.75, 3.05) is 0 Å². The summed E-state index contributed by atoms with van der Waals surface area (Å²) >= 11 is 7.51. The van der Waals surface area contributed by atoms with Gasteiger partial charge in [-0.2, -0.15) is 0 Å². The normalized spacial score (nSPS) is 10.9. The number of nitro groups is 1. The van der Waals surface area contributed by atoms with Crippen molar-refractivity contribution in [2.24, 2.45) is 0 Å². The molecule has 9 nitrogen and oxygen atoms in total. The molecule has 0 saturated carbocycles. The third kappa shape index (κ3) is 4.24. The number of non-ortho nitro benzene ring substituents is 1. The minimum Gasteiger partial charge on any atom is -0.258 e. The zero-order valence-corrected chi connectivity index (χ0v) is 17.6. The number of aryl methyl sites for hydroxylation is 1. The van der Waals surface area contributed by atoms with Crippen LogP contribution in [0.25, 0.3) is 5.69 Å². The zero-order valence-electron chi connectivity index (χ0n) is 16.0. The molecule has 156 valence electrons. The van der Waals surface area contributed by atoms with Gasteiger partial charge in [0.05, 0.1) is 15.6 Å². The third-order valence-electron chi connectivity index (χ3n) is 4.27. The smallest absolute Gasteiger partial charge is 0.258 e. The summed E-state index contributed by atoms with van der Waals surface area (Å²) < 4.78 is 1.87. The van der Waals surface area contributed by atoms with Gasteiger partial charge in [-0.3, -0.25) is 15.1 Å². The van der Waals surface area contributed by atoms with E-state index < -0.39 is 22.0 Å². The number of rotatable bonds is 6. The topological polar surface area (TPSA) is 120 Å². The molecule has 0 saturated heterocycles. The van der Waals surface area contributed by atoms with Gasteiger partial charge in [0, 0.05) is 28.5 Å². The molecule has 0 atom stereocenters. The molecule has 0 fully saturated rings. The summed E-state index contributed by atoms with van der Waals surface area (Å²) in [6.07, 6.45) is 0.562. The van der Waals surface area contributed by atoms with Crippen LogP contribution in [-0.2, 0) is 6.54 Å². The highest BCUT2D eigenvalue weighted by Gasteiger charge is 2.15. The summed E-state index contributed by atoms with van der Waals surface area (Å²) in [4.78, 5) is 50.6. The Morgan fingerprint density at radius 2 is 1.80 bits per heavy atom. The van der Waals surface area contributed by atoms with E-state index >= 15 is 0 Å². The van der Waals surface area contributed by atoms with Crippen LogP contribution in [0, 0.1) is 17.0 Å². The first kappa shape index (κ1) is 21.6. The number of halogens is 1. The fourth-order valence-corrected chi connectivity index (χ4v) is 4.15. The van der Waals surface area contributed by atoms with Gasteiger partial charge >= 0.3 is 17.1 Å². The Hall–Kier alpha value is -3.11. The molecule has 0 spiro atoms. The Morgan fingerprint density at radius 1 is 1.13 bits per heavy atom. The van der Waals surface area contributed by atoms with Crippen LogP contribution in [0.2, 0.25) is 5.02 Å². The van der Waals surface area contributed by atoms with Gasteiger partial charge in [-0.05, 0) is 43.2 Å². The average Bonchev–Trinajstić information content (AvgIpc) is 2.68. The molecule has 30 heavy (non-hydrogen) atoms. The fraction of sp³-hybridized carbons (Fsp3) is 0.211. The van der Waals surface area contributed by atoms with Crippen LogP contribution in [-0.4, -0.2) is 19.0 Å². The fourth-order valence-electron chi connectivity index (χ4n) is 2.89. The van der Waals surface area contributed by atoms with Crippen molar-refractivity contribution in [1.82, 2.24) is 14.1 Å². The second-order valence-electron chi connectivity index (χ2n) is 6.43. The van der Waals surface area contributed by atoms with E-state index in [-0.39, 0.29) is 17.3 Å². The van der Waals surface area contributed by atoms with Crippen molar-refractivity contribution in [3.05, 3.63) is 88.6 Å². The second kappa shape index (κ2) is 8.72. The quantitative estimate of drug-likeness (QED) is 0.457. The van der Waals surface area contributed by atoms with Crippen LogP contribution >= 0.6 is 23.4 Å². The number of hydrogen-bond donors (Lipinski definition) is 1. The van der Waals surface area contributed by atoms with E-state index in [1.807, 2.05) is 6.92 Å². The van der Waals surface area contributed by atoms with Crippen LogP contribution in [0.4, 0.5) is 5.69 Å². The average molecular weight is 449 g/mol. The first-order valence-corrected chi connectivity index (χ1v) is 10.1. The lowest BCUT2D eigenvalue weighted by molar-refractivity contribution is -0.384. The second-order valence-corrected chi connectivity index (χ2v) is 7.92. The molecular formula is C19H17ClN4O5S. The predicted molar refractivity (Wildman–Crippen MR) is 114 cm³/mol. The maximum atomic E-state index is 12.6. The first-order chi connectivity index (χ1) is 14.2. The number of aromatic nitrogens is 3. The van der Waals surface area contributed by atoms with Gasteiger partial charge in [-0.15, -0.1) is 0 Å². The maximum absolute atomic E-state index is 12.6. The highest BCUT2D eigenvalue weighted by atomic mass is 35.5. The molecule has 0 radical (unpaired) electrons. The van der Waals surface area contributed by atoms with Gasteiger partial charge in [-0.1, -0.05) is 30.3 Å². The molecule has 3 rings (SSSR count). The number of nitrogens with one attached hydrogen (secondary N) is 1. The highest BCUT2D eigenvalue weighted by Crippen LogP contribution is 2.38. The van der Waals surface area contributed by atoms with E-state index in [9.17, 15) is 24.5 Å². The maximum Gasteiger partial charge on any atom is 0.340 e. The molecule has 2 aromatic carbocycles. The molecule has 0 amide bonds. The van der Waals surface area contributed by atoms with E-state index in [0.29, 0.717) is 22.6 Å². The first-order valence-electron chi connectivity index (χ1n) is 8.92. The molecular weight excluding hydrogens is 432 g/mol. The van der Waals surface area contributed by atoms with Crippen molar-refractivity contribution in [1.29, 1.82) is 0 Å². The van der Waals surface area contributed by atoms with Crippen LogP contribution < -0.4 is 17.1 Å². The molecule has 11 heteroatoms. The van der Waals surface area contributed by atoms with Crippen molar-refractivity contribution in [3.8, 4) is 5.69 Å². The molecule has 1 aromatic heterocycles. The van der Waals surface area contributed by atoms with Crippen molar-refractivity contribution in [2.45, 2.75) is 36.6 Å². The largest absolute Gasteiger partial charge is 0.340 e. The lowest BCUT2D eigenvalue weighted by Crippen LogP contribution is -2.48. The molecule has 0 aliphatic heterocycles. The molecule has 0 unspecified atom stereocenters. The van der Waals surface area contributed by atoms with Crippen molar-refractivity contribution in [3.63, 3.8) is 0 Å². The van der Waals surface area contributed by atoms with Gasteiger partial charge in [0.25, 0.3) is 5.69 Å². The van der Waals surface area contributed by atoms with Crippen molar-refractivity contribution >= 4 is 29.1 Å². The minimum atomic E-state index is -0.813. The number of nitro benzene ring substituents is 1. The third-order valence-corrected chi connectivity index (χ3v) is 5.94. The minimum absolute atomic E-state index is 0.0852. The lowest BCUT2D eigenvalue weighted by atomic mass is 10.2. The zero-order chi connectivity index (χ0) is 22.0. The summed E-state index contributed by atoms with van der Waals surface area (Å²) in [5.41, 5.74) is -1.38. The number of hydrogen-bond acceptors (Lipinski definition) is 6. The van der Waals surface area contributed by atoms with Gasteiger partial charge in [0.2, 0.25) is 0 Å². The van der Waals surface area contributed by atoms with E-state index in [0.717, 1.165) is 14.0 Å². The Bertz CT molecular complexity index is 1270. The van der Waals surface area contributed by atoms with Crippen LogP contribution in [0.15, 0.2) is 60.6 Å². The van der Waals surface area contributed by atoms with Gasteiger partial charge in [0.15, 0.2) is 0 Å². The molecule has 3 aromatic rings. The molecule has 0 aliphatic carbocycles.